The van der Waals surface area contributed by atoms with Crippen molar-refractivity contribution in [2.24, 2.45) is 16.2 Å². The SMILES string of the molecule is Cc1ccc2c(C)c(O)c(O)cc2c1CCC1=C2C[C@](C)(C(=O)O)CC[C@]2(C)CCC1(C)C. The fourth-order valence-electron chi connectivity index (χ4n) is 6.33. The third-order valence-electron chi connectivity index (χ3n) is 9.02. The fourth-order valence-corrected chi connectivity index (χ4v) is 6.33. The Morgan fingerprint density at radius 3 is 2.27 bits per heavy atom. The van der Waals surface area contributed by atoms with Gasteiger partial charge >= 0.3 is 5.97 Å². The van der Waals surface area contributed by atoms with Crippen LogP contribution in [0.25, 0.3) is 10.8 Å². The fraction of sp³-hybridized carbons (Fsp3) is 0.552. The van der Waals surface area contributed by atoms with Crippen molar-refractivity contribution >= 4 is 16.7 Å². The molecule has 2 aliphatic rings. The van der Waals surface area contributed by atoms with Crippen LogP contribution in [0.4, 0.5) is 0 Å². The van der Waals surface area contributed by atoms with E-state index in [0.29, 0.717) is 12.0 Å². The number of aryl methyl sites for hydroxylation is 3. The van der Waals surface area contributed by atoms with E-state index in [-0.39, 0.29) is 22.3 Å². The zero-order valence-corrected chi connectivity index (χ0v) is 20.9. The minimum absolute atomic E-state index is 0.0421. The second kappa shape index (κ2) is 7.78. The van der Waals surface area contributed by atoms with Gasteiger partial charge in [-0.1, -0.05) is 44.1 Å². The standard InChI is InChI=1S/C29H38O4/c1-17-7-8-20-18(2)25(31)24(30)15-21(20)19(17)9-10-22-23-16-29(6,26(32)33)14-13-28(23,5)12-11-27(22,3)4/h7-8,15,30-31H,9-14,16H2,1-6H3,(H,32,33)/t28-,29+/m0/s1. The Balaban J connectivity index is 1.80. The van der Waals surface area contributed by atoms with Crippen LogP contribution in [-0.4, -0.2) is 21.3 Å². The molecule has 3 N–H and O–H groups in total. The molecule has 2 aromatic carbocycles. The zero-order valence-electron chi connectivity index (χ0n) is 20.9. The molecule has 2 aliphatic carbocycles. The van der Waals surface area contributed by atoms with Crippen LogP contribution in [0, 0.1) is 30.1 Å². The highest BCUT2D eigenvalue weighted by Crippen LogP contribution is 2.59. The number of hydrogen-bond acceptors (Lipinski definition) is 3. The molecule has 0 spiro atoms. The highest BCUT2D eigenvalue weighted by Gasteiger charge is 2.49. The van der Waals surface area contributed by atoms with Crippen LogP contribution in [0.1, 0.15) is 82.9 Å². The summed E-state index contributed by atoms with van der Waals surface area (Å²) in [5.41, 5.74) is 5.32. The van der Waals surface area contributed by atoms with E-state index in [1.54, 1.807) is 6.07 Å². The number of aliphatic carboxylic acids is 1. The van der Waals surface area contributed by atoms with E-state index in [4.69, 9.17) is 0 Å². The Bertz CT molecular complexity index is 1170. The Morgan fingerprint density at radius 1 is 0.939 bits per heavy atom. The van der Waals surface area contributed by atoms with Gasteiger partial charge in [0.25, 0.3) is 0 Å². The van der Waals surface area contributed by atoms with Gasteiger partial charge in [0.05, 0.1) is 5.41 Å². The van der Waals surface area contributed by atoms with Crippen molar-refractivity contribution < 1.29 is 20.1 Å². The number of phenols is 2. The molecule has 178 valence electrons. The summed E-state index contributed by atoms with van der Waals surface area (Å²) in [5.74, 6) is -0.819. The van der Waals surface area contributed by atoms with Crippen LogP contribution in [0.5, 0.6) is 11.5 Å². The molecule has 33 heavy (non-hydrogen) atoms. The van der Waals surface area contributed by atoms with Crippen molar-refractivity contribution in [3.63, 3.8) is 0 Å². The lowest BCUT2D eigenvalue weighted by Gasteiger charge is -2.51. The van der Waals surface area contributed by atoms with Crippen LogP contribution < -0.4 is 0 Å². The monoisotopic (exact) mass is 450 g/mol. The van der Waals surface area contributed by atoms with Gasteiger partial charge in [0.15, 0.2) is 11.5 Å². The van der Waals surface area contributed by atoms with Crippen LogP contribution >= 0.6 is 0 Å². The number of carboxylic acid groups (broad SMARTS) is 1. The average molecular weight is 451 g/mol. The van der Waals surface area contributed by atoms with E-state index < -0.39 is 11.4 Å². The normalized spacial score (nSPS) is 27.0. The van der Waals surface area contributed by atoms with Gasteiger partial charge in [0.1, 0.15) is 0 Å². The van der Waals surface area contributed by atoms with Gasteiger partial charge in [-0.05, 0) is 105 Å². The van der Waals surface area contributed by atoms with Gasteiger partial charge in [0.2, 0.25) is 0 Å². The number of aromatic hydroxyl groups is 2. The lowest BCUT2D eigenvalue weighted by atomic mass is 9.53. The summed E-state index contributed by atoms with van der Waals surface area (Å²) < 4.78 is 0. The van der Waals surface area contributed by atoms with Crippen molar-refractivity contribution in [3.8, 4) is 11.5 Å². The van der Waals surface area contributed by atoms with Crippen molar-refractivity contribution in [1.82, 2.24) is 0 Å². The molecule has 0 bridgehead atoms. The largest absolute Gasteiger partial charge is 0.504 e. The van der Waals surface area contributed by atoms with Gasteiger partial charge in [-0.15, -0.1) is 0 Å². The second-order valence-corrected chi connectivity index (χ2v) is 11.8. The molecule has 2 atom stereocenters. The quantitative estimate of drug-likeness (QED) is 0.340. The summed E-state index contributed by atoms with van der Waals surface area (Å²) in [6.45, 7) is 12.8. The maximum absolute atomic E-state index is 12.1. The molecule has 4 nitrogen and oxygen atoms in total. The number of benzene rings is 2. The molecule has 0 radical (unpaired) electrons. The second-order valence-electron chi connectivity index (χ2n) is 11.8. The minimum atomic E-state index is -0.691. The first kappa shape index (κ1) is 23.7. The minimum Gasteiger partial charge on any atom is -0.504 e. The predicted molar refractivity (Wildman–Crippen MR) is 133 cm³/mol. The number of allylic oxidation sites excluding steroid dienone is 2. The van der Waals surface area contributed by atoms with Gasteiger partial charge in [-0.25, -0.2) is 0 Å². The zero-order chi connectivity index (χ0) is 24.3. The lowest BCUT2D eigenvalue weighted by molar-refractivity contribution is -0.150. The van der Waals surface area contributed by atoms with E-state index >= 15 is 0 Å². The van der Waals surface area contributed by atoms with Crippen LogP contribution in [0.15, 0.2) is 29.3 Å². The summed E-state index contributed by atoms with van der Waals surface area (Å²) in [7, 11) is 0. The van der Waals surface area contributed by atoms with Gasteiger partial charge < -0.3 is 15.3 Å². The molecular formula is C29H38O4. The lowest BCUT2D eigenvalue weighted by Crippen LogP contribution is -2.42. The first-order valence-electron chi connectivity index (χ1n) is 12.2. The Morgan fingerprint density at radius 2 is 1.61 bits per heavy atom. The third kappa shape index (κ3) is 3.82. The summed E-state index contributed by atoms with van der Waals surface area (Å²) in [5, 5.41) is 32.4. The Hall–Kier alpha value is -2.49. The summed E-state index contributed by atoms with van der Waals surface area (Å²) in [6, 6.07) is 5.80. The molecule has 2 aromatic rings. The van der Waals surface area contributed by atoms with E-state index in [1.165, 1.54) is 22.3 Å². The molecule has 0 heterocycles. The molecule has 1 fully saturated rings. The number of fused-ring (bicyclic) bond motifs is 2. The highest BCUT2D eigenvalue weighted by atomic mass is 16.4. The summed E-state index contributed by atoms with van der Waals surface area (Å²) in [4.78, 5) is 12.1. The molecular weight excluding hydrogens is 412 g/mol. The topological polar surface area (TPSA) is 77.8 Å². The van der Waals surface area contributed by atoms with E-state index in [9.17, 15) is 20.1 Å². The molecule has 0 unspecified atom stereocenters. The van der Waals surface area contributed by atoms with Crippen molar-refractivity contribution in [2.45, 2.75) is 86.5 Å². The van der Waals surface area contributed by atoms with E-state index in [0.717, 1.165) is 49.3 Å². The summed E-state index contributed by atoms with van der Waals surface area (Å²) in [6.07, 6.45) is 6.26. The first-order chi connectivity index (χ1) is 15.3. The summed E-state index contributed by atoms with van der Waals surface area (Å²) >= 11 is 0. The first-order valence-corrected chi connectivity index (χ1v) is 12.2. The molecule has 0 aromatic heterocycles. The van der Waals surface area contributed by atoms with E-state index in [1.807, 2.05) is 19.9 Å². The number of hydrogen-bond donors (Lipinski definition) is 3. The Labute approximate surface area is 197 Å². The van der Waals surface area contributed by atoms with Gasteiger partial charge in [-0.2, -0.15) is 0 Å². The molecule has 0 aliphatic heterocycles. The number of carboxylic acids is 1. The highest BCUT2D eigenvalue weighted by molar-refractivity contribution is 5.93. The number of carbonyl (C=O) groups is 1. The molecule has 4 rings (SSSR count). The van der Waals surface area contributed by atoms with Crippen LogP contribution in [0.3, 0.4) is 0 Å². The smallest absolute Gasteiger partial charge is 0.309 e. The predicted octanol–water partition coefficient (Wildman–Crippen LogP) is 7.20. The number of phenolic OH excluding ortho intramolecular Hbond substituents is 2. The molecule has 1 saturated carbocycles. The average Bonchev–Trinajstić information content (AvgIpc) is 2.74. The van der Waals surface area contributed by atoms with Crippen molar-refractivity contribution in [1.29, 1.82) is 0 Å². The maximum Gasteiger partial charge on any atom is 0.309 e. The maximum atomic E-state index is 12.1. The van der Waals surface area contributed by atoms with Gasteiger partial charge in [-0.3, -0.25) is 4.79 Å². The molecule has 4 heteroatoms. The third-order valence-corrected chi connectivity index (χ3v) is 9.02. The van der Waals surface area contributed by atoms with Crippen molar-refractivity contribution in [2.75, 3.05) is 0 Å². The van der Waals surface area contributed by atoms with Crippen molar-refractivity contribution in [3.05, 3.63) is 46.0 Å². The van der Waals surface area contributed by atoms with Crippen LogP contribution in [-0.2, 0) is 11.2 Å². The molecule has 0 amide bonds. The van der Waals surface area contributed by atoms with E-state index in [2.05, 4.69) is 33.8 Å². The number of rotatable bonds is 4. The van der Waals surface area contributed by atoms with Crippen LogP contribution in [0.2, 0.25) is 0 Å². The Kier molecular flexibility index (Phi) is 5.58. The molecule has 0 saturated heterocycles. The van der Waals surface area contributed by atoms with Gasteiger partial charge in [0, 0.05) is 5.56 Å².